The van der Waals surface area contributed by atoms with Gasteiger partial charge in [0.05, 0.1) is 18.5 Å². The zero-order valence-electron chi connectivity index (χ0n) is 11.4. The van der Waals surface area contributed by atoms with Gasteiger partial charge in [0.1, 0.15) is 0 Å². The minimum Gasteiger partial charge on any atom is -0.494 e. The summed E-state index contributed by atoms with van der Waals surface area (Å²) in [6, 6.07) is 3.71. The molecular weight excluding hydrogens is 243 g/mol. The van der Waals surface area contributed by atoms with Gasteiger partial charge in [0.15, 0.2) is 11.6 Å². The third-order valence-corrected chi connectivity index (χ3v) is 4.62. The van der Waals surface area contributed by atoms with Gasteiger partial charge in [0.25, 0.3) is 0 Å². The Morgan fingerprint density at radius 1 is 1.26 bits per heavy atom. The Morgan fingerprint density at radius 3 is 2.84 bits per heavy atom. The van der Waals surface area contributed by atoms with Crippen molar-refractivity contribution in [1.82, 2.24) is 0 Å². The molecule has 1 saturated heterocycles. The number of hydrogen-bond donors (Lipinski definition) is 1. The normalized spacial score (nSPS) is 26.3. The summed E-state index contributed by atoms with van der Waals surface area (Å²) < 4.78 is 18.7. The van der Waals surface area contributed by atoms with E-state index in [2.05, 4.69) is 4.90 Å². The summed E-state index contributed by atoms with van der Waals surface area (Å²) >= 11 is 0. The van der Waals surface area contributed by atoms with Crippen molar-refractivity contribution in [2.75, 3.05) is 24.3 Å². The molecule has 1 aliphatic carbocycles. The minimum absolute atomic E-state index is 0.281. The first-order chi connectivity index (χ1) is 9.20. The summed E-state index contributed by atoms with van der Waals surface area (Å²) in [6.45, 7) is 1.02. The molecule has 0 bridgehead atoms. The Balaban J connectivity index is 1.93. The first kappa shape index (κ1) is 12.6. The van der Waals surface area contributed by atoms with Gasteiger partial charge in [-0.25, -0.2) is 4.39 Å². The molecular formula is C15H21FN2O. The van der Waals surface area contributed by atoms with E-state index in [4.69, 9.17) is 10.5 Å². The molecule has 4 heteroatoms. The summed E-state index contributed by atoms with van der Waals surface area (Å²) in [5.74, 6) is 0.677. The number of benzene rings is 1. The molecule has 104 valence electrons. The minimum atomic E-state index is -0.386. The van der Waals surface area contributed by atoms with E-state index >= 15 is 0 Å². The zero-order chi connectivity index (χ0) is 13.4. The Labute approximate surface area is 113 Å². The van der Waals surface area contributed by atoms with Crippen molar-refractivity contribution in [2.24, 2.45) is 5.92 Å². The van der Waals surface area contributed by atoms with Gasteiger partial charge in [-0.15, -0.1) is 0 Å². The lowest BCUT2D eigenvalue weighted by atomic mass is 9.85. The van der Waals surface area contributed by atoms with Gasteiger partial charge in [-0.1, -0.05) is 12.8 Å². The van der Waals surface area contributed by atoms with Crippen LogP contribution in [0.25, 0.3) is 0 Å². The molecule has 0 amide bonds. The van der Waals surface area contributed by atoms with Crippen LogP contribution in [0.2, 0.25) is 0 Å². The number of rotatable bonds is 2. The highest BCUT2D eigenvalue weighted by atomic mass is 19.1. The average molecular weight is 264 g/mol. The number of anilines is 2. The van der Waals surface area contributed by atoms with Crippen molar-refractivity contribution in [3.8, 4) is 5.75 Å². The maximum Gasteiger partial charge on any atom is 0.167 e. The van der Waals surface area contributed by atoms with E-state index in [1.165, 1.54) is 45.3 Å². The topological polar surface area (TPSA) is 38.5 Å². The first-order valence-electron chi connectivity index (χ1n) is 7.10. The van der Waals surface area contributed by atoms with E-state index in [1.54, 1.807) is 6.07 Å². The second-order valence-corrected chi connectivity index (χ2v) is 5.64. The van der Waals surface area contributed by atoms with Crippen LogP contribution in [-0.4, -0.2) is 19.7 Å². The molecule has 19 heavy (non-hydrogen) atoms. The molecule has 1 aromatic carbocycles. The molecule has 0 aromatic heterocycles. The summed E-state index contributed by atoms with van der Waals surface area (Å²) in [4.78, 5) is 2.36. The number of methoxy groups -OCH3 is 1. The molecule has 1 aliphatic heterocycles. The summed E-state index contributed by atoms with van der Waals surface area (Å²) in [5, 5.41) is 0. The maximum atomic E-state index is 13.6. The lowest BCUT2D eigenvalue weighted by molar-refractivity contribution is 0.342. The van der Waals surface area contributed by atoms with Crippen LogP contribution in [0, 0.1) is 11.7 Å². The molecule has 2 atom stereocenters. The van der Waals surface area contributed by atoms with Crippen LogP contribution in [0.5, 0.6) is 5.75 Å². The number of fused-ring (bicyclic) bond motifs is 1. The van der Waals surface area contributed by atoms with Crippen LogP contribution in [0.3, 0.4) is 0 Å². The van der Waals surface area contributed by atoms with Gasteiger partial charge in [-0.3, -0.25) is 0 Å². The average Bonchev–Trinajstić information content (AvgIpc) is 2.83. The number of hydrogen-bond acceptors (Lipinski definition) is 3. The van der Waals surface area contributed by atoms with Gasteiger partial charge in [-0.2, -0.15) is 0 Å². The van der Waals surface area contributed by atoms with Gasteiger partial charge in [0, 0.05) is 24.7 Å². The van der Waals surface area contributed by atoms with Crippen LogP contribution in [0.1, 0.15) is 32.1 Å². The number of ether oxygens (including phenoxy) is 1. The van der Waals surface area contributed by atoms with Crippen LogP contribution in [0.4, 0.5) is 15.8 Å². The summed E-state index contributed by atoms with van der Waals surface area (Å²) in [5.41, 5.74) is 7.47. The Kier molecular flexibility index (Phi) is 3.25. The number of nitrogens with zero attached hydrogens (tertiary/aromatic N) is 1. The first-order valence-corrected chi connectivity index (χ1v) is 7.10. The highest BCUT2D eigenvalue weighted by Gasteiger charge is 2.36. The molecule has 0 spiro atoms. The molecule has 1 heterocycles. The predicted octanol–water partition coefficient (Wildman–Crippen LogP) is 3.19. The summed E-state index contributed by atoms with van der Waals surface area (Å²) in [6.07, 6.45) is 6.40. The van der Waals surface area contributed by atoms with Gasteiger partial charge >= 0.3 is 0 Å². The van der Waals surface area contributed by atoms with E-state index in [-0.39, 0.29) is 11.6 Å². The van der Waals surface area contributed by atoms with E-state index in [1.807, 2.05) is 0 Å². The molecule has 0 radical (unpaired) electrons. The lowest BCUT2D eigenvalue weighted by Crippen LogP contribution is -2.35. The van der Waals surface area contributed by atoms with E-state index < -0.39 is 0 Å². The van der Waals surface area contributed by atoms with Crippen molar-refractivity contribution in [3.05, 3.63) is 17.9 Å². The van der Waals surface area contributed by atoms with Gasteiger partial charge in [-0.05, 0) is 25.2 Å². The van der Waals surface area contributed by atoms with E-state index in [9.17, 15) is 4.39 Å². The van der Waals surface area contributed by atoms with Crippen LogP contribution < -0.4 is 15.4 Å². The highest BCUT2D eigenvalue weighted by molar-refractivity contribution is 5.71. The monoisotopic (exact) mass is 264 g/mol. The Bertz CT molecular complexity index is 477. The number of nitrogen functional groups attached to an aromatic ring is 1. The van der Waals surface area contributed by atoms with Crippen LogP contribution >= 0.6 is 0 Å². The van der Waals surface area contributed by atoms with Crippen molar-refractivity contribution in [3.63, 3.8) is 0 Å². The molecule has 2 aliphatic rings. The maximum absolute atomic E-state index is 13.6. The molecule has 1 saturated carbocycles. The summed E-state index contributed by atoms with van der Waals surface area (Å²) in [7, 11) is 1.49. The number of nitrogens with two attached hydrogens (primary N) is 1. The molecule has 3 rings (SSSR count). The molecule has 3 nitrogen and oxygen atoms in total. The van der Waals surface area contributed by atoms with Gasteiger partial charge in [0.2, 0.25) is 0 Å². The van der Waals surface area contributed by atoms with E-state index in [0.717, 1.165) is 18.2 Å². The Morgan fingerprint density at radius 2 is 2.05 bits per heavy atom. The smallest absolute Gasteiger partial charge is 0.167 e. The third-order valence-electron chi connectivity index (χ3n) is 4.62. The standard InChI is InChI=1S/C15H21FN2O/c1-19-15-9-14(12(17)8-11(15)16)18-7-6-10-4-2-3-5-13(10)18/h8-10,13H,2-7,17H2,1H3. The zero-order valence-corrected chi connectivity index (χ0v) is 11.4. The highest BCUT2D eigenvalue weighted by Crippen LogP contribution is 2.42. The van der Waals surface area contributed by atoms with Crippen LogP contribution in [0.15, 0.2) is 12.1 Å². The van der Waals surface area contributed by atoms with Crippen molar-refractivity contribution >= 4 is 11.4 Å². The van der Waals surface area contributed by atoms with Crippen molar-refractivity contribution < 1.29 is 9.13 Å². The third kappa shape index (κ3) is 2.13. The van der Waals surface area contributed by atoms with Crippen molar-refractivity contribution in [1.29, 1.82) is 0 Å². The molecule has 1 aromatic rings. The quantitative estimate of drug-likeness (QED) is 0.834. The largest absolute Gasteiger partial charge is 0.494 e. The SMILES string of the molecule is COc1cc(N2CCC3CCCCC32)c(N)cc1F. The number of halogens is 1. The van der Waals surface area contributed by atoms with Crippen molar-refractivity contribution in [2.45, 2.75) is 38.1 Å². The second-order valence-electron chi connectivity index (χ2n) is 5.64. The molecule has 2 fully saturated rings. The van der Waals surface area contributed by atoms with Crippen LogP contribution in [-0.2, 0) is 0 Å². The fourth-order valence-electron chi connectivity index (χ4n) is 3.67. The fraction of sp³-hybridized carbons (Fsp3) is 0.600. The lowest BCUT2D eigenvalue weighted by Gasteiger charge is -2.34. The molecule has 2 unspecified atom stereocenters. The predicted molar refractivity (Wildman–Crippen MR) is 75.1 cm³/mol. The Hall–Kier alpha value is -1.45. The van der Waals surface area contributed by atoms with Gasteiger partial charge < -0.3 is 15.4 Å². The van der Waals surface area contributed by atoms with E-state index in [0.29, 0.717) is 11.7 Å². The second kappa shape index (κ2) is 4.91. The molecule has 2 N–H and O–H groups in total. The fourth-order valence-corrected chi connectivity index (χ4v) is 3.67.